The first kappa shape index (κ1) is 14.3. The van der Waals surface area contributed by atoms with Crippen molar-refractivity contribution in [3.8, 4) is 5.88 Å². The Morgan fingerprint density at radius 3 is 2.61 bits per heavy atom. The number of hydrogen-bond donors (Lipinski definition) is 1. The quantitative estimate of drug-likeness (QED) is 0.828. The van der Waals surface area contributed by atoms with E-state index in [2.05, 4.69) is 4.98 Å². The van der Waals surface area contributed by atoms with Gasteiger partial charge in [-0.1, -0.05) is 13.3 Å². The number of aromatic nitrogens is 1. The van der Waals surface area contributed by atoms with E-state index in [0.717, 1.165) is 12.5 Å². The summed E-state index contributed by atoms with van der Waals surface area (Å²) >= 11 is 0. The molecule has 0 atom stereocenters. The lowest BCUT2D eigenvalue weighted by Gasteiger charge is -2.11. The van der Waals surface area contributed by atoms with Crippen molar-refractivity contribution in [3.63, 3.8) is 0 Å². The molecule has 0 aliphatic carbocycles. The summed E-state index contributed by atoms with van der Waals surface area (Å²) in [4.78, 5) is 14.3. The molecule has 1 rings (SSSR count). The summed E-state index contributed by atoms with van der Waals surface area (Å²) in [6.45, 7) is 2.09. The molecule has 100 valence electrons. The predicted octanol–water partition coefficient (Wildman–Crippen LogP) is 2.38. The van der Waals surface area contributed by atoms with Gasteiger partial charge in [-0.05, 0) is 18.6 Å². The maximum Gasteiger partial charge on any atom is 0.433 e. The van der Waals surface area contributed by atoms with Crippen LogP contribution in [0.25, 0.3) is 0 Å². The summed E-state index contributed by atoms with van der Waals surface area (Å²) in [6, 6.07) is 1.67. The number of nitrogens with two attached hydrogens (primary N) is 1. The fourth-order valence-electron chi connectivity index (χ4n) is 1.21. The fourth-order valence-corrected chi connectivity index (χ4v) is 1.21. The van der Waals surface area contributed by atoms with Gasteiger partial charge in [-0.25, -0.2) is 4.98 Å². The standard InChI is InChI=1S/C11H13F3N2O2/c1-2-3-6-18-10-7(9(15)17)4-5-8(16-10)11(12,13)14/h4-5H,2-3,6H2,1H3,(H2,15,17). The molecule has 0 aliphatic heterocycles. The zero-order valence-corrected chi connectivity index (χ0v) is 9.75. The zero-order chi connectivity index (χ0) is 13.8. The lowest BCUT2D eigenvalue weighted by atomic mass is 10.2. The minimum atomic E-state index is -4.58. The van der Waals surface area contributed by atoms with Crippen LogP contribution in [0.5, 0.6) is 5.88 Å². The van der Waals surface area contributed by atoms with Gasteiger partial charge >= 0.3 is 6.18 Å². The molecule has 0 saturated carbocycles. The third-order valence-corrected chi connectivity index (χ3v) is 2.15. The number of ether oxygens (including phenoxy) is 1. The van der Waals surface area contributed by atoms with Crippen molar-refractivity contribution in [1.82, 2.24) is 4.98 Å². The van der Waals surface area contributed by atoms with E-state index in [-0.39, 0.29) is 18.1 Å². The highest BCUT2D eigenvalue weighted by atomic mass is 19.4. The van der Waals surface area contributed by atoms with Crippen LogP contribution in [0.1, 0.15) is 35.8 Å². The van der Waals surface area contributed by atoms with E-state index in [1.165, 1.54) is 0 Å². The average Bonchev–Trinajstić information content (AvgIpc) is 2.27. The van der Waals surface area contributed by atoms with Crippen LogP contribution in [0.3, 0.4) is 0 Å². The van der Waals surface area contributed by atoms with E-state index in [4.69, 9.17) is 10.5 Å². The highest BCUT2D eigenvalue weighted by molar-refractivity contribution is 5.95. The first-order chi connectivity index (χ1) is 8.36. The van der Waals surface area contributed by atoms with Crippen LogP contribution in [-0.2, 0) is 6.18 Å². The van der Waals surface area contributed by atoms with Crippen LogP contribution in [0, 0.1) is 0 Å². The Labute approximate surface area is 102 Å². The largest absolute Gasteiger partial charge is 0.477 e. The topological polar surface area (TPSA) is 65.2 Å². The van der Waals surface area contributed by atoms with Crippen molar-refractivity contribution in [3.05, 3.63) is 23.4 Å². The molecule has 0 spiro atoms. The van der Waals surface area contributed by atoms with Gasteiger partial charge in [0.15, 0.2) is 0 Å². The highest BCUT2D eigenvalue weighted by Crippen LogP contribution is 2.30. The van der Waals surface area contributed by atoms with Gasteiger partial charge in [0.25, 0.3) is 5.91 Å². The summed E-state index contributed by atoms with van der Waals surface area (Å²) in [6.07, 6.45) is -3.12. The van der Waals surface area contributed by atoms with Gasteiger partial charge in [-0.2, -0.15) is 13.2 Å². The molecule has 0 aromatic carbocycles. The van der Waals surface area contributed by atoms with E-state index in [0.29, 0.717) is 12.5 Å². The number of carbonyl (C=O) groups is 1. The van der Waals surface area contributed by atoms with Crippen LogP contribution in [0.2, 0.25) is 0 Å². The van der Waals surface area contributed by atoms with Gasteiger partial charge in [0.1, 0.15) is 11.3 Å². The number of carbonyl (C=O) groups excluding carboxylic acids is 1. The van der Waals surface area contributed by atoms with E-state index < -0.39 is 17.8 Å². The van der Waals surface area contributed by atoms with Crippen molar-refractivity contribution >= 4 is 5.91 Å². The van der Waals surface area contributed by atoms with Gasteiger partial charge in [0.2, 0.25) is 5.88 Å². The number of alkyl halides is 3. The predicted molar refractivity (Wildman–Crippen MR) is 58.2 cm³/mol. The summed E-state index contributed by atoms with van der Waals surface area (Å²) in [5, 5.41) is 0. The van der Waals surface area contributed by atoms with Crippen LogP contribution >= 0.6 is 0 Å². The number of amides is 1. The van der Waals surface area contributed by atoms with Crippen LogP contribution in [0.15, 0.2) is 12.1 Å². The van der Waals surface area contributed by atoms with E-state index in [1.807, 2.05) is 6.92 Å². The van der Waals surface area contributed by atoms with Crippen molar-refractivity contribution in [2.75, 3.05) is 6.61 Å². The minimum absolute atomic E-state index is 0.154. The molecule has 0 unspecified atom stereocenters. The van der Waals surface area contributed by atoms with Gasteiger partial charge in [-0.15, -0.1) is 0 Å². The third kappa shape index (κ3) is 3.61. The normalized spacial score (nSPS) is 11.3. The molecule has 1 aromatic rings. The molecule has 0 fully saturated rings. The summed E-state index contributed by atoms with van der Waals surface area (Å²) in [5.41, 5.74) is 3.77. The summed E-state index contributed by atoms with van der Waals surface area (Å²) in [7, 11) is 0. The SMILES string of the molecule is CCCCOc1nc(C(F)(F)F)ccc1C(N)=O. The Hall–Kier alpha value is -1.79. The molecule has 2 N–H and O–H groups in total. The second-order valence-corrected chi connectivity index (χ2v) is 3.61. The zero-order valence-electron chi connectivity index (χ0n) is 9.75. The van der Waals surface area contributed by atoms with Crippen LogP contribution < -0.4 is 10.5 Å². The molecular formula is C11H13F3N2O2. The molecule has 1 aromatic heterocycles. The third-order valence-electron chi connectivity index (χ3n) is 2.15. The Kier molecular flexibility index (Phi) is 4.52. The van der Waals surface area contributed by atoms with Crippen LogP contribution in [0.4, 0.5) is 13.2 Å². The number of pyridine rings is 1. The second kappa shape index (κ2) is 5.70. The molecule has 0 aliphatic rings. The second-order valence-electron chi connectivity index (χ2n) is 3.61. The Morgan fingerprint density at radius 1 is 1.44 bits per heavy atom. The lowest BCUT2D eigenvalue weighted by Crippen LogP contribution is -2.17. The molecule has 7 heteroatoms. The van der Waals surface area contributed by atoms with E-state index >= 15 is 0 Å². The first-order valence-corrected chi connectivity index (χ1v) is 5.37. The monoisotopic (exact) mass is 262 g/mol. The number of nitrogens with zero attached hydrogens (tertiary/aromatic N) is 1. The molecule has 4 nitrogen and oxygen atoms in total. The number of unbranched alkanes of at least 4 members (excludes halogenated alkanes) is 1. The fraction of sp³-hybridized carbons (Fsp3) is 0.455. The Balaban J connectivity index is 3.04. The van der Waals surface area contributed by atoms with Crippen molar-refractivity contribution in [2.24, 2.45) is 5.73 Å². The molecule has 0 radical (unpaired) electrons. The number of rotatable bonds is 5. The molecule has 0 bridgehead atoms. The highest BCUT2D eigenvalue weighted by Gasteiger charge is 2.33. The maximum absolute atomic E-state index is 12.5. The summed E-state index contributed by atoms with van der Waals surface area (Å²) < 4.78 is 42.4. The van der Waals surface area contributed by atoms with Crippen molar-refractivity contribution in [1.29, 1.82) is 0 Å². The lowest BCUT2D eigenvalue weighted by molar-refractivity contribution is -0.141. The van der Waals surface area contributed by atoms with E-state index in [9.17, 15) is 18.0 Å². The smallest absolute Gasteiger partial charge is 0.433 e. The summed E-state index contributed by atoms with van der Waals surface area (Å²) in [5.74, 6) is -1.24. The number of primary amides is 1. The molecular weight excluding hydrogens is 249 g/mol. The average molecular weight is 262 g/mol. The Bertz CT molecular complexity index is 433. The minimum Gasteiger partial charge on any atom is -0.477 e. The molecule has 1 heterocycles. The first-order valence-electron chi connectivity index (χ1n) is 5.37. The maximum atomic E-state index is 12.5. The van der Waals surface area contributed by atoms with Crippen molar-refractivity contribution in [2.45, 2.75) is 25.9 Å². The van der Waals surface area contributed by atoms with Gasteiger partial charge in [-0.3, -0.25) is 4.79 Å². The van der Waals surface area contributed by atoms with Crippen molar-refractivity contribution < 1.29 is 22.7 Å². The number of hydrogen-bond acceptors (Lipinski definition) is 3. The van der Waals surface area contributed by atoms with Gasteiger partial charge < -0.3 is 10.5 Å². The molecule has 0 saturated heterocycles. The number of halogens is 3. The molecule has 18 heavy (non-hydrogen) atoms. The Morgan fingerprint density at radius 2 is 2.11 bits per heavy atom. The van der Waals surface area contributed by atoms with Gasteiger partial charge in [0, 0.05) is 0 Å². The van der Waals surface area contributed by atoms with Crippen LogP contribution in [-0.4, -0.2) is 17.5 Å². The van der Waals surface area contributed by atoms with E-state index in [1.54, 1.807) is 0 Å². The molecule has 1 amide bonds. The van der Waals surface area contributed by atoms with Gasteiger partial charge in [0.05, 0.1) is 6.61 Å².